The molecule has 0 heterocycles. The summed E-state index contributed by atoms with van der Waals surface area (Å²) >= 11 is 11.6. The van der Waals surface area contributed by atoms with Gasteiger partial charge in [0.15, 0.2) is 0 Å². The fourth-order valence-corrected chi connectivity index (χ4v) is 1.19. The van der Waals surface area contributed by atoms with Gasteiger partial charge in [-0.2, -0.15) is 0 Å². The van der Waals surface area contributed by atoms with Gasteiger partial charge in [-0.05, 0) is 18.2 Å². The topological polar surface area (TPSA) is 29.1 Å². The van der Waals surface area contributed by atoms with Crippen molar-refractivity contribution in [3.63, 3.8) is 0 Å². The Kier molecular flexibility index (Phi) is 6.43. The first-order valence-electron chi connectivity index (χ1n) is 4.57. The summed E-state index contributed by atoms with van der Waals surface area (Å²) in [4.78, 5) is 11.6. The summed E-state index contributed by atoms with van der Waals surface area (Å²) in [6.45, 7) is 5.54. The van der Waals surface area contributed by atoms with Crippen molar-refractivity contribution in [1.82, 2.24) is 0 Å². The van der Waals surface area contributed by atoms with Crippen molar-refractivity contribution in [3.05, 3.63) is 28.2 Å². The molecule has 1 aromatic carbocycles. The van der Waals surface area contributed by atoms with E-state index in [0.29, 0.717) is 15.7 Å². The van der Waals surface area contributed by atoms with Crippen LogP contribution in [0.15, 0.2) is 18.2 Å². The maximum absolute atomic E-state index is 11.6. The minimum absolute atomic E-state index is 0. The molecule has 0 saturated heterocycles. The Morgan fingerprint density at radius 3 is 2.19 bits per heavy atom. The molecule has 0 aromatic heterocycles. The molecule has 5 heteroatoms. The Morgan fingerprint density at radius 1 is 1.19 bits per heavy atom. The SMILES string of the molecule is CC(C)(C)C(=O)Nc1ccc(Cl)c(Cl)c1.[U]. The fourth-order valence-electron chi connectivity index (χ4n) is 0.892. The number of nitrogens with one attached hydrogen (secondary N) is 1. The van der Waals surface area contributed by atoms with Gasteiger partial charge in [0.25, 0.3) is 0 Å². The predicted molar refractivity (Wildman–Crippen MR) is 64.5 cm³/mol. The molecule has 0 aliphatic rings. The average molecular weight is 484 g/mol. The number of hydrogen-bond donors (Lipinski definition) is 1. The van der Waals surface area contributed by atoms with Crippen LogP contribution in [0.3, 0.4) is 0 Å². The fraction of sp³-hybridized carbons (Fsp3) is 0.364. The first-order valence-corrected chi connectivity index (χ1v) is 5.33. The van der Waals surface area contributed by atoms with Crippen LogP contribution < -0.4 is 5.32 Å². The van der Waals surface area contributed by atoms with Gasteiger partial charge in [0.2, 0.25) is 5.91 Å². The van der Waals surface area contributed by atoms with Gasteiger partial charge < -0.3 is 5.32 Å². The quantitative estimate of drug-likeness (QED) is 0.643. The Bertz CT molecular complexity index is 388. The molecule has 16 heavy (non-hydrogen) atoms. The standard InChI is InChI=1S/C11H13Cl2NO.U/c1-11(2,3)10(15)14-7-4-5-8(12)9(13)6-7;/h4-6H,1-3H3,(H,14,15);. The van der Waals surface area contributed by atoms with Crippen molar-refractivity contribution >= 4 is 34.8 Å². The molecule has 0 unspecified atom stereocenters. The summed E-state index contributed by atoms with van der Waals surface area (Å²) in [5.74, 6) is -0.0547. The van der Waals surface area contributed by atoms with Crippen molar-refractivity contribution in [2.24, 2.45) is 5.41 Å². The smallest absolute Gasteiger partial charge is 0.229 e. The number of halogens is 2. The minimum atomic E-state index is -0.424. The van der Waals surface area contributed by atoms with Crippen LogP contribution in [-0.2, 0) is 4.79 Å². The molecule has 0 saturated carbocycles. The van der Waals surface area contributed by atoms with Gasteiger partial charge in [0.1, 0.15) is 0 Å². The molecule has 86 valence electrons. The number of carbonyl (C=O) groups excluding carboxylic acids is 1. The van der Waals surface area contributed by atoms with Crippen molar-refractivity contribution < 1.29 is 35.9 Å². The van der Waals surface area contributed by atoms with Crippen LogP contribution >= 0.6 is 23.2 Å². The molecule has 1 aromatic rings. The van der Waals surface area contributed by atoms with E-state index in [4.69, 9.17) is 23.2 Å². The van der Waals surface area contributed by atoms with Gasteiger partial charge in [-0.1, -0.05) is 44.0 Å². The third-order valence-electron chi connectivity index (χ3n) is 1.86. The van der Waals surface area contributed by atoms with E-state index in [1.165, 1.54) is 0 Å². The van der Waals surface area contributed by atoms with E-state index in [9.17, 15) is 4.79 Å². The summed E-state index contributed by atoms with van der Waals surface area (Å²) in [6, 6.07) is 5.01. The van der Waals surface area contributed by atoms with Crippen molar-refractivity contribution in [2.75, 3.05) is 5.32 Å². The molecule has 1 N–H and O–H groups in total. The second kappa shape index (κ2) is 6.31. The Balaban J connectivity index is 0.00000225. The van der Waals surface area contributed by atoms with Crippen LogP contribution in [0.2, 0.25) is 10.0 Å². The van der Waals surface area contributed by atoms with Gasteiger partial charge in [0, 0.05) is 42.2 Å². The van der Waals surface area contributed by atoms with Gasteiger partial charge in [-0.25, -0.2) is 0 Å². The summed E-state index contributed by atoms with van der Waals surface area (Å²) < 4.78 is 0. The zero-order chi connectivity index (χ0) is 11.6. The maximum Gasteiger partial charge on any atom is 0.229 e. The van der Waals surface area contributed by atoms with Crippen molar-refractivity contribution in [3.8, 4) is 0 Å². The number of benzene rings is 1. The molecule has 0 bridgehead atoms. The molecule has 2 nitrogen and oxygen atoms in total. The monoisotopic (exact) mass is 483 g/mol. The van der Waals surface area contributed by atoms with E-state index >= 15 is 0 Å². The van der Waals surface area contributed by atoms with Crippen LogP contribution in [-0.4, -0.2) is 5.91 Å². The van der Waals surface area contributed by atoms with Crippen molar-refractivity contribution in [2.45, 2.75) is 20.8 Å². The Hall–Kier alpha value is 0.322. The summed E-state index contributed by atoms with van der Waals surface area (Å²) in [5.41, 5.74) is 0.232. The first-order chi connectivity index (χ1) is 6.80. The Labute approximate surface area is 129 Å². The molecule has 1 amide bonds. The number of hydrogen-bond acceptors (Lipinski definition) is 1. The second-order valence-electron chi connectivity index (χ2n) is 4.33. The summed E-state index contributed by atoms with van der Waals surface area (Å²) in [7, 11) is 0. The van der Waals surface area contributed by atoms with Crippen molar-refractivity contribution in [1.29, 1.82) is 0 Å². The van der Waals surface area contributed by atoms with Gasteiger partial charge in [-0.3, -0.25) is 4.79 Å². The van der Waals surface area contributed by atoms with Crippen LogP contribution in [0.25, 0.3) is 0 Å². The molecular formula is C11H13Cl2NOU. The minimum Gasteiger partial charge on any atom is -0.326 e. The summed E-state index contributed by atoms with van der Waals surface area (Å²) in [5, 5.41) is 3.68. The normalized spacial score (nSPS) is 10.6. The van der Waals surface area contributed by atoms with Crippen LogP contribution in [0, 0.1) is 36.5 Å². The zero-order valence-electron chi connectivity index (χ0n) is 9.40. The number of anilines is 1. The van der Waals surface area contributed by atoms with E-state index in [-0.39, 0.29) is 37.0 Å². The number of carbonyl (C=O) groups is 1. The molecule has 0 aliphatic carbocycles. The average Bonchev–Trinajstić information content (AvgIpc) is 2.10. The molecule has 0 aliphatic heterocycles. The maximum atomic E-state index is 11.6. The molecule has 0 radical (unpaired) electrons. The van der Waals surface area contributed by atoms with Gasteiger partial charge in [-0.15, -0.1) is 0 Å². The first kappa shape index (κ1) is 16.3. The third-order valence-corrected chi connectivity index (χ3v) is 2.60. The molecule has 0 spiro atoms. The van der Waals surface area contributed by atoms with Crippen LogP contribution in [0.4, 0.5) is 5.69 Å². The Morgan fingerprint density at radius 2 is 1.75 bits per heavy atom. The van der Waals surface area contributed by atoms with E-state index < -0.39 is 5.41 Å². The van der Waals surface area contributed by atoms with Crippen LogP contribution in [0.5, 0.6) is 0 Å². The van der Waals surface area contributed by atoms with E-state index in [1.807, 2.05) is 20.8 Å². The number of amides is 1. The van der Waals surface area contributed by atoms with Gasteiger partial charge >= 0.3 is 0 Å². The summed E-state index contributed by atoms with van der Waals surface area (Å²) in [6.07, 6.45) is 0. The van der Waals surface area contributed by atoms with E-state index in [0.717, 1.165) is 0 Å². The van der Waals surface area contributed by atoms with Crippen LogP contribution in [0.1, 0.15) is 20.8 Å². The number of rotatable bonds is 1. The zero-order valence-corrected chi connectivity index (χ0v) is 15.1. The van der Waals surface area contributed by atoms with E-state index in [2.05, 4.69) is 5.32 Å². The molecular weight excluding hydrogens is 471 g/mol. The molecule has 0 atom stereocenters. The second-order valence-corrected chi connectivity index (χ2v) is 5.15. The largest absolute Gasteiger partial charge is 0.326 e. The van der Waals surface area contributed by atoms with Gasteiger partial charge in [0.05, 0.1) is 10.0 Å². The van der Waals surface area contributed by atoms with E-state index in [1.54, 1.807) is 18.2 Å². The molecule has 0 fully saturated rings. The predicted octanol–water partition coefficient (Wildman–Crippen LogP) is 3.98. The molecule has 1 rings (SSSR count). The third kappa shape index (κ3) is 4.67.